The van der Waals surface area contributed by atoms with Crippen molar-refractivity contribution in [1.29, 1.82) is 0 Å². The molecule has 1 aliphatic rings. The summed E-state index contributed by atoms with van der Waals surface area (Å²) in [4.78, 5) is 0. The molecule has 2 atom stereocenters. The van der Waals surface area contributed by atoms with Gasteiger partial charge < -0.3 is 37.2 Å². The number of benzene rings is 3. The van der Waals surface area contributed by atoms with E-state index in [0.717, 1.165) is 6.42 Å². The van der Waals surface area contributed by atoms with E-state index in [-0.39, 0.29) is 74.8 Å². The van der Waals surface area contributed by atoms with Crippen LogP contribution >= 0.6 is 0 Å². The Labute approximate surface area is 316 Å². The molecule has 3 aromatic rings. The predicted molar refractivity (Wildman–Crippen MR) is 189 cm³/mol. The van der Waals surface area contributed by atoms with Crippen molar-refractivity contribution < 1.29 is 58.9 Å². The molecule has 0 nitrogen and oxygen atoms in total. The Morgan fingerprint density at radius 2 is 1.11 bits per heavy atom. The maximum atomic E-state index is 4.17. The summed E-state index contributed by atoms with van der Waals surface area (Å²) in [6.07, 6.45) is 7.77. The van der Waals surface area contributed by atoms with E-state index in [2.05, 4.69) is 157 Å². The van der Waals surface area contributed by atoms with Gasteiger partial charge in [-0.05, 0) is 69.8 Å². The van der Waals surface area contributed by atoms with Crippen molar-refractivity contribution >= 4 is 23.6 Å². The zero-order chi connectivity index (χ0) is 31.3. The van der Waals surface area contributed by atoms with Gasteiger partial charge in [0, 0.05) is 0 Å². The van der Waals surface area contributed by atoms with E-state index in [0.29, 0.717) is 0 Å². The van der Waals surface area contributed by atoms with Gasteiger partial charge >= 0.3 is 21.7 Å². The molecule has 0 radical (unpaired) electrons. The van der Waals surface area contributed by atoms with Crippen LogP contribution in [0.5, 0.6) is 0 Å². The molecule has 0 fully saturated rings. The standard InChI is InChI=1S/C41H55Si.3ClH.Ti/c1-14-15-16-33-17-19-36(20-18-33)42(37-22-28(2)21-29(3)23-37,41(13)27-30(4)31(5)32(41)6)38-25-34(39(7,8)9)24-35(26-38)40(10,11)12;;;;/h17-26H,14-16H2,1-13H3;3*1H;/q-1;;;;+4/p-3. The summed E-state index contributed by atoms with van der Waals surface area (Å²) in [6.45, 7) is 30.5. The summed E-state index contributed by atoms with van der Waals surface area (Å²) in [5, 5.41) is 4.24. The summed E-state index contributed by atoms with van der Waals surface area (Å²) < 4.78 is 0. The van der Waals surface area contributed by atoms with Crippen LogP contribution in [0.15, 0.2) is 77.4 Å². The maximum absolute atomic E-state index is 4.17. The fraction of sp³-hybridized carbons (Fsp3) is 0.463. The molecule has 0 aromatic heterocycles. The topological polar surface area (TPSA) is 0 Å². The average molecular weight is 730 g/mol. The van der Waals surface area contributed by atoms with Crippen LogP contribution in [-0.4, -0.2) is 8.07 Å². The quantitative estimate of drug-likeness (QED) is 0.190. The van der Waals surface area contributed by atoms with Gasteiger partial charge in [-0.25, -0.2) is 5.57 Å². The number of unbranched alkanes of at least 4 members (excludes halogenated alkanes) is 1. The van der Waals surface area contributed by atoms with Crippen molar-refractivity contribution in [3.8, 4) is 0 Å². The minimum atomic E-state index is -2.79. The first-order valence-electron chi connectivity index (χ1n) is 16.1. The summed E-state index contributed by atoms with van der Waals surface area (Å²) in [7, 11) is -2.79. The summed E-state index contributed by atoms with van der Waals surface area (Å²) in [5.74, 6) is 0. The molecule has 0 spiro atoms. The van der Waals surface area contributed by atoms with Crippen molar-refractivity contribution in [3.05, 3.63) is 111 Å². The average Bonchev–Trinajstić information content (AvgIpc) is 3.09. The molecule has 0 heterocycles. The molecule has 0 aliphatic heterocycles. The van der Waals surface area contributed by atoms with Gasteiger partial charge in [-0.15, -0.1) is 6.92 Å². The molecule has 0 saturated heterocycles. The Morgan fingerprint density at radius 3 is 1.50 bits per heavy atom. The van der Waals surface area contributed by atoms with Gasteiger partial charge in [-0.3, -0.25) is 6.08 Å². The third-order valence-corrected chi connectivity index (χ3v) is 15.5. The number of allylic oxidation sites excluding steroid dienone is 4. The molecule has 0 saturated carbocycles. The van der Waals surface area contributed by atoms with Crippen LogP contribution in [0.1, 0.15) is 117 Å². The minimum absolute atomic E-state index is 0. The molecule has 2 unspecified atom stereocenters. The van der Waals surface area contributed by atoms with Gasteiger partial charge in [0.05, 0.1) is 0 Å². The van der Waals surface area contributed by atoms with Crippen molar-refractivity contribution in [2.75, 3.05) is 0 Å². The third-order valence-electron chi connectivity index (χ3n) is 10.0. The van der Waals surface area contributed by atoms with Gasteiger partial charge in [-0.1, -0.05) is 152 Å². The van der Waals surface area contributed by atoms with E-state index in [9.17, 15) is 0 Å². The van der Waals surface area contributed by atoms with Crippen LogP contribution in [0.4, 0.5) is 0 Å². The first kappa shape index (κ1) is 44.9. The van der Waals surface area contributed by atoms with Crippen LogP contribution < -0.4 is 52.8 Å². The fourth-order valence-corrected chi connectivity index (χ4v) is 13.3. The molecule has 4 rings (SSSR count). The van der Waals surface area contributed by atoms with E-state index in [4.69, 9.17) is 0 Å². The second-order valence-corrected chi connectivity index (χ2v) is 19.6. The maximum Gasteiger partial charge on any atom is 4.00 e. The third kappa shape index (κ3) is 8.38. The van der Waals surface area contributed by atoms with E-state index in [1.165, 1.54) is 72.9 Å². The molecule has 3 aromatic carbocycles. The molecule has 46 heavy (non-hydrogen) atoms. The molecule has 5 heteroatoms. The van der Waals surface area contributed by atoms with Crippen LogP contribution in [0.3, 0.4) is 0 Å². The second-order valence-electron chi connectivity index (χ2n) is 15.4. The zero-order valence-corrected chi connectivity index (χ0v) is 35.4. The summed E-state index contributed by atoms with van der Waals surface area (Å²) >= 11 is 0. The number of hydrogen-bond acceptors (Lipinski definition) is 0. The zero-order valence-electron chi connectivity index (χ0n) is 30.5. The first-order valence-corrected chi connectivity index (χ1v) is 18.1. The molecular weight excluding hydrogens is 675 g/mol. The fourth-order valence-electron chi connectivity index (χ4n) is 7.16. The van der Waals surface area contributed by atoms with Crippen LogP contribution in [0.25, 0.3) is 0 Å². The van der Waals surface area contributed by atoms with Crippen molar-refractivity contribution in [1.82, 2.24) is 0 Å². The van der Waals surface area contributed by atoms with E-state index < -0.39 is 8.07 Å². The Morgan fingerprint density at radius 1 is 0.652 bits per heavy atom. The number of hydrogen-bond donors (Lipinski definition) is 0. The number of rotatable bonds is 7. The largest absolute Gasteiger partial charge is 4.00 e. The molecule has 0 amide bonds. The SMILES string of the molecule is CCCCc1ccc([Si](c2cc(C)cc(C)c2)(c2cc(C(C)(C)C)cc(C(C)(C)C)c2)C2(C)[C-]=C(C)C(C)=C2C)cc1.[Cl-].[Cl-].[Cl-].[Ti+4]. The van der Waals surface area contributed by atoms with Gasteiger partial charge in [0.25, 0.3) is 0 Å². The van der Waals surface area contributed by atoms with Gasteiger partial charge in [0.2, 0.25) is 0 Å². The first-order chi connectivity index (χ1) is 19.4. The van der Waals surface area contributed by atoms with Crippen LogP contribution in [-0.2, 0) is 39.0 Å². The Balaban J connectivity index is 0.00000506. The van der Waals surface area contributed by atoms with Gasteiger partial charge in [0.15, 0.2) is 0 Å². The number of halogens is 3. The Kier molecular flexibility index (Phi) is 16.2. The monoisotopic (exact) mass is 728 g/mol. The number of aryl methyl sites for hydroxylation is 3. The van der Waals surface area contributed by atoms with Gasteiger partial charge in [0.1, 0.15) is 8.07 Å². The van der Waals surface area contributed by atoms with Crippen molar-refractivity contribution in [2.24, 2.45) is 0 Å². The molecule has 0 N–H and O–H groups in total. The van der Waals surface area contributed by atoms with Crippen molar-refractivity contribution in [3.63, 3.8) is 0 Å². The summed E-state index contributed by atoms with van der Waals surface area (Å²) in [5.41, 5.74) is 11.2. The smallest absolute Gasteiger partial charge is 1.00 e. The van der Waals surface area contributed by atoms with Crippen molar-refractivity contribution in [2.45, 2.75) is 125 Å². The molecule has 1 aliphatic carbocycles. The Hall–Kier alpha value is -1.06. The summed E-state index contributed by atoms with van der Waals surface area (Å²) in [6, 6.07) is 24.9. The van der Waals surface area contributed by atoms with Gasteiger partial charge in [-0.2, -0.15) is 11.1 Å². The van der Waals surface area contributed by atoms with E-state index in [1.54, 1.807) is 0 Å². The minimum Gasteiger partial charge on any atom is -1.00 e. The molecule has 0 bridgehead atoms. The second kappa shape index (κ2) is 16.6. The van der Waals surface area contributed by atoms with Crippen LogP contribution in [0.2, 0.25) is 5.04 Å². The molecular formula is C41H55Cl3SiTi. The van der Waals surface area contributed by atoms with E-state index >= 15 is 0 Å². The van der Waals surface area contributed by atoms with E-state index in [1.807, 2.05) is 0 Å². The molecule has 248 valence electrons. The Bertz CT molecular complexity index is 1490. The normalized spacial score (nSPS) is 17.5. The van der Waals surface area contributed by atoms with Crippen LogP contribution in [0, 0.1) is 19.9 Å². The predicted octanol–water partition coefficient (Wildman–Crippen LogP) is 0.581.